The molecular weight excluding hydrogens is 268 g/mol. The Morgan fingerprint density at radius 1 is 1.33 bits per heavy atom. The average Bonchev–Trinajstić information content (AvgIpc) is 3.07. The van der Waals surface area contributed by atoms with Crippen LogP contribution in [0.3, 0.4) is 0 Å². The molecule has 2 aliphatic rings. The van der Waals surface area contributed by atoms with Crippen molar-refractivity contribution in [2.45, 2.75) is 31.8 Å². The summed E-state index contributed by atoms with van der Waals surface area (Å²) in [6.07, 6.45) is 7.76. The Bertz CT molecular complexity index is 462. The van der Waals surface area contributed by atoms with Crippen molar-refractivity contribution in [1.29, 1.82) is 0 Å². The first-order valence-electron chi connectivity index (χ1n) is 7.74. The van der Waals surface area contributed by atoms with E-state index in [4.69, 9.17) is 4.74 Å². The summed E-state index contributed by atoms with van der Waals surface area (Å²) in [7, 11) is 0. The van der Waals surface area contributed by atoms with E-state index in [2.05, 4.69) is 20.2 Å². The number of aromatic nitrogens is 2. The van der Waals surface area contributed by atoms with Crippen LogP contribution in [-0.2, 0) is 9.53 Å². The van der Waals surface area contributed by atoms with Crippen LogP contribution in [0, 0.1) is 5.92 Å². The van der Waals surface area contributed by atoms with Crippen LogP contribution in [0.4, 0.5) is 5.95 Å². The fourth-order valence-electron chi connectivity index (χ4n) is 2.99. The molecule has 1 aromatic rings. The van der Waals surface area contributed by atoms with E-state index < -0.39 is 0 Å². The zero-order valence-electron chi connectivity index (χ0n) is 12.2. The molecule has 0 saturated carbocycles. The highest BCUT2D eigenvalue weighted by Crippen LogP contribution is 2.20. The van der Waals surface area contributed by atoms with E-state index in [0.29, 0.717) is 19.0 Å². The topological polar surface area (TPSA) is 67.3 Å². The summed E-state index contributed by atoms with van der Waals surface area (Å²) >= 11 is 0. The van der Waals surface area contributed by atoms with Gasteiger partial charge in [0.15, 0.2) is 0 Å². The lowest BCUT2D eigenvalue weighted by molar-refractivity contribution is -0.125. The van der Waals surface area contributed by atoms with E-state index in [1.807, 2.05) is 0 Å². The van der Waals surface area contributed by atoms with E-state index in [-0.39, 0.29) is 17.9 Å². The van der Waals surface area contributed by atoms with Gasteiger partial charge in [-0.25, -0.2) is 9.97 Å². The normalized spacial score (nSPS) is 25.8. The van der Waals surface area contributed by atoms with Gasteiger partial charge in [0.05, 0.1) is 12.0 Å². The van der Waals surface area contributed by atoms with Crippen LogP contribution in [0.15, 0.2) is 18.5 Å². The minimum absolute atomic E-state index is 0.0176. The second-order valence-electron chi connectivity index (χ2n) is 5.71. The minimum atomic E-state index is 0.0176. The Labute approximate surface area is 124 Å². The van der Waals surface area contributed by atoms with Gasteiger partial charge in [0.1, 0.15) is 0 Å². The van der Waals surface area contributed by atoms with Gasteiger partial charge in [0.2, 0.25) is 11.9 Å². The summed E-state index contributed by atoms with van der Waals surface area (Å²) in [5.74, 6) is 0.865. The highest BCUT2D eigenvalue weighted by atomic mass is 16.5. The molecule has 2 aliphatic heterocycles. The maximum atomic E-state index is 12.3. The van der Waals surface area contributed by atoms with Gasteiger partial charge < -0.3 is 15.0 Å². The van der Waals surface area contributed by atoms with Gasteiger partial charge in [-0.1, -0.05) is 0 Å². The van der Waals surface area contributed by atoms with Crippen LogP contribution in [0.25, 0.3) is 0 Å². The molecule has 2 fully saturated rings. The summed E-state index contributed by atoms with van der Waals surface area (Å²) < 4.78 is 5.54. The summed E-state index contributed by atoms with van der Waals surface area (Å²) in [5.41, 5.74) is 0. The number of rotatable bonds is 4. The highest BCUT2D eigenvalue weighted by Gasteiger charge is 2.27. The Hall–Kier alpha value is -1.69. The van der Waals surface area contributed by atoms with E-state index in [9.17, 15) is 4.79 Å². The summed E-state index contributed by atoms with van der Waals surface area (Å²) in [6, 6.07) is 1.80. The van der Waals surface area contributed by atoms with Crippen molar-refractivity contribution in [3.63, 3.8) is 0 Å². The predicted octanol–water partition coefficient (Wildman–Crippen LogP) is 0.988. The van der Waals surface area contributed by atoms with Gasteiger partial charge in [0.25, 0.3) is 0 Å². The van der Waals surface area contributed by atoms with Crippen molar-refractivity contribution < 1.29 is 9.53 Å². The monoisotopic (exact) mass is 290 g/mol. The third-order valence-corrected chi connectivity index (χ3v) is 4.16. The Morgan fingerprint density at radius 3 is 2.95 bits per heavy atom. The Kier molecular flexibility index (Phi) is 4.65. The van der Waals surface area contributed by atoms with Crippen LogP contribution in [-0.4, -0.2) is 48.2 Å². The molecule has 6 nitrogen and oxygen atoms in total. The minimum Gasteiger partial charge on any atom is -0.376 e. The van der Waals surface area contributed by atoms with E-state index >= 15 is 0 Å². The lowest BCUT2D eigenvalue weighted by Crippen LogP contribution is -2.45. The number of hydrogen-bond donors (Lipinski definition) is 1. The molecule has 1 N–H and O–H groups in total. The fraction of sp³-hybridized carbons (Fsp3) is 0.667. The first-order valence-corrected chi connectivity index (χ1v) is 7.74. The van der Waals surface area contributed by atoms with E-state index in [1.165, 1.54) is 0 Å². The van der Waals surface area contributed by atoms with E-state index in [1.54, 1.807) is 18.5 Å². The molecule has 0 bridgehead atoms. The molecule has 114 valence electrons. The molecular formula is C15H22N4O2. The number of piperidine rings is 1. The molecule has 0 unspecified atom stereocenters. The first-order chi connectivity index (χ1) is 10.3. The number of hydrogen-bond acceptors (Lipinski definition) is 5. The van der Waals surface area contributed by atoms with Gasteiger partial charge in [0, 0.05) is 38.6 Å². The second kappa shape index (κ2) is 6.85. The zero-order chi connectivity index (χ0) is 14.5. The molecule has 2 atom stereocenters. The number of carbonyl (C=O) groups is 1. The van der Waals surface area contributed by atoms with Crippen molar-refractivity contribution in [1.82, 2.24) is 15.3 Å². The predicted molar refractivity (Wildman–Crippen MR) is 79.0 cm³/mol. The molecule has 6 heteroatoms. The molecule has 1 amide bonds. The number of anilines is 1. The molecule has 0 spiro atoms. The molecule has 0 aliphatic carbocycles. The van der Waals surface area contributed by atoms with Gasteiger partial charge in [-0.3, -0.25) is 4.79 Å². The van der Waals surface area contributed by atoms with Crippen LogP contribution >= 0.6 is 0 Å². The Balaban J connectivity index is 1.51. The largest absolute Gasteiger partial charge is 0.376 e. The maximum absolute atomic E-state index is 12.3. The summed E-state index contributed by atoms with van der Waals surface area (Å²) in [4.78, 5) is 22.9. The lowest BCUT2D eigenvalue weighted by atomic mass is 9.97. The van der Waals surface area contributed by atoms with Gasteiger partial charge in [-0.15, -0.1) is 0 Å². The van der Waals surface area contributed by atoms with Gasteiger partial charge >= 0.3 is 0 Å². The zero-order valence-corrected chi connectivity index (χ0v) is 12.2. The third-order valence-electron chi connectivity index (χ3n) is 4.16. The molecule has 1 aromatic heterocycles. The van der Waals surface area contributed by atoms with Crippen LogP contribution in [0.2, 0.25) is 0 Å². The van der Waals surface area contributed by atoms with Crippen LogP contribution in [0.5, 0.6) is 0 Å². The SMILES string of the molecule is O=C(NC[C@@H]1CCCO1)[C@H]1CCCN(c2ncccn2)C1. The number of carbonyl (C=O) groups excluding carboxylic acids is 1. The van der Waals surface area contributed by atoms with Crippen molar-refractivity contribution in [2.75, 3.05) is 31.1 Å². The lowest BCUT2D eigenvalue weighted by Gasteiger charge is -2.32. The number of nitrogens with one attached hydrogen (secondary N) is 1. The molecule has 0 radical (unpaired) electrons. The van der Waals surface area contributed by atoms with Crippen LogP contribution in [0.1, 0.15) is 25.7 Å². The average molecular weight is 290 g/mol. The number of nitrogens with zero attached hydrogens (tertiary/aromatic N) is 3. The number of amides is 1. The highest BCUT2D eigenvalue weighted by molar-refractivity contribution is 5.79. The summed E-state index contributed by atoms with van der Waals surface area (Å²) in [6.45, 7) is 3.07. The third kappa shape index (κ3) is 3.69. The standard InChI is InChI=1S/C15H22N4O2/c20-14(18-10-13-5-2-9-21-13)12-4-1-8-19(11-12)15-16-6-3-7-17-15/h3,6-7,12-13H,1-2,4-5,8-11H2,(H,18,20)/t12-,13-/m0/s1. The smallest absolute Gasteiger partial charge is 0.225 e. The second-order valence-corrected chi connectivity index (χ2v) is 5.71. The maximum Gasteiger partial charge on any atom is 0.225 e. The molecule has 3 heterocycles. The molecule has 2 saturated heterocycles. The van der Waals surface area contributed by atoms with Gasteiger partial charge in [-0.2, -0.15) is 0 Å². The van der Waals surface area contributed by atoms with Crippen molar-refractivity contribution in [2.24, 2.45) is 5.92 Å². The first kappa shape index (κ1) is 14.3. The van der Waals surface area contributed by atoms with Crippen LogP contribution < -0.4 is 10.2 Å². The van der Waals surface area contributed by atoms with Crippen molar-refractivity contribution in [3.05, 3.63) is 18.5 Å². The molecule has 3 rings (SSSR count). The van der Waals surface area contributed by atoms with Crippen molar-refractivity contribution in [3.8, 4) is 0 Å². The molecule has 21 heavy (non-hydrogen) atoms. The molecule has 0 aromatic carbocycles. The van der Waals surface area contributed by atoms with E-state index in [0.717, 1.165) is 38.8 Å². The quantitative estimate of drug-likeness (QED) is 0.895. The van der Waals surface area contributed by atoms with Gasteiger partial charge in [-0.05, 0) is 31.7 Å². The van der Waals surface area contributed by atoms with Crippen molar-refractivity contribution >= 4 is 11.9 Å². The number of ether oxygens (including phenoxy) is 1. The Morgan fingerprint density at radius 2 is 2.19 bits per heavy atom. The fourth-order valence-corrected chi connectivity index (χ4v) is 2.99. The summed E-state index contributed by atoms with van der Waals surface area (Å²) in [5, 5.41) is 3.03.